The predicted molar refractivity (Wildman–Crippen MR) is 92.3 cm³/mol. The topological polar surface area (TPSA) is 130 Å². The molecule has 1 heterocycles. The van der Waals surface area contributed by atoms with E-state index in [4.69, 9.17) is 11.0 Å². The molecule has 2 aromatic carbocycles. The molecule has 3 aromatic rings. The molecule has 0 aliphatic carbocycles. The predicted octanol–water partition coefficient (Wildman–Crippen LogP) is 3.13. The van der Waals surface area contributed by atoms with E-state index in [0.717, 1.165) is 10.2 Å². The lowest BCUT2D eigenvalue weighted by Crippen LogP contribution is -2.22. The van der Waals surface area contributed by atoms with E-state index in [1.165, 1.54) is 29.5 Å². The maximum Gasteiger partial charge on any atom is 0.270 e. The number of benzene rings is 2. The number of guanidine groups is 1. The molecule has 3 N–H and O–H groups in total. The third-order valence-electron chi connectivity index (χ3n) is 3.10. The van der Waals surface area contributed by atoms with Crippen LogP contribution in [0, 0.1) is 21.4 Å². The molecule has 0 amide bonds. The number of nitro benzene ring substituents is 1. The van der Waals surface area contributed by atoms with E-state index in [9.17, 15) is 10.1 Å². The SMILES string of the molecule is N#Cc1cc([N+](=O)[O-])ccc1N/C(N)=N/c1nc2ccccc2s1. The summed E-state index contributed by atoms with van der Waals surface area (Å²) in [6.45, 7) is 0. The van der Waals surface area contributed by atoms with Gasteiger partial charge in [-0.2, -0.15) is 10.3 Å². The van der Waals surface area contributed by atoms with Crippen molar-refractivity contribution in [3.05, 3.63) is 58.1 Å². The Bertz CT molecular complexity index is 972. The van der Waals surface area contributed by atoms with Gasteiger partial charge in [-0.05, 0) is 18.2 Å². The average molecular weight is 338 g/mol. The molecule has 0 fully saturated rings. The highest BCUT2D eigenvalue weighted by atomic mass is 32.1. The summed E-state index contributed by atoms with van der Waals surface area (Å²) in [5.41, 5.74) is 6.94. The number of hydrogen-bond donors (Lipinski definition) is 2. The first-order chi connectivity index (χ1) is 11.6. The van der Waals surface area contributed by atoms with Crippen LogP contribution in [-0.2, 0) is 0 Å². The van der Waals surface area contributed by atoms with Crippen molar-refractivity contribution < 1.29 is 4.92 Å². The van der Waals surface area contributed by atoms with Crippen LogP contribution in [0.4, 0.5) is 16.5 Å². The number of nitro groups is 1. The standard InChI is InChI=1S/C15H10N6O2S/c16-8-9-7-10(21(22)23)5-6-11(9)18-14(17)20-15-19-12-3-1-2-4-13(12)24-15/h1-7H,(H3,17,18,19,20). The molecule has 0 bridgehead atoms. The van der Waals surface area contributed by atoms with Crippen LogP contribution >= 0.6 is 11.3 Å². The van der Waals surface area contributed by atoms with E-state index in [2.05, 4.69) is 15.3 Å². The van der Waals surface area contributed by atoms with E-state index in [1.807, 2.05) is 30.3 Å². The van der Waals surface area contributed by atoms with Crippen LogP contribution in [0.2, 0.25) is 0 Å². The summed E-state index contributed by atoms with van der Waals surface area (Å²) in [5.74, 6) is 0.0411. The maximum absolute atomic E-state index is 10.7. The number of nitriles is 1. The third-order valence-corrected chi connectivity index (χ3v) is 4.03. The summed E-state index contributed by atoms with van der Waals surface area (Å²) >= 11 is 1.38. The molecule has 0 unspecified atom stereocenters. The van der Waals surface area contributed by atoms with Crippen LogP contribution in [0.1, 0.15) is 5.56 Å². The highest BCUT2D eigenvalue weighted by Crippen LogP contribution is 2.28. The summed E-state index contributed by atoms with van der Waals surface area (Å²) in [6, 6.07) is 13.4. The molecule has 118 valence electrons. The van der Waals surface area contributed by atoms with Gasteiger partial charge in [-0.3, -0.25) is 10.1 Å². The van der Waals surface area contributed by atoms with E-state index < -0.39 is 4.92 Å². The zero-order chi connectivity index (χ0) is 17.1. The Morgan fingerprint density at radius 3 is 2.88 bits per heavy atom. The lowest BCUT2D eigenvalue weighted by atomic mass is 10.2. The fourth-order valence-electron chi connectivity index (χ4n) is 2.02. The number of aromatic nitrogens is 1. The first kappa shape index (κ1) is 15.4. The highest BCUT2D eigenvalue weighted by Gasteiger charge is 2.11. The van der Waals surface area contributed by atoms with E-state index >= 15 is 0 Å². The second-order valence-corrected chi connectivity index (χ2v) is 5.69. The molecular formula is C15H10N6O2S. The molecule has 8 nitrogen and oxygen atoms in total. The number of thiazole rings is 1. The van der Waals surface area contributed by atoms with Crippen LogP contribution in [0.25, 0.3) is 10.2 Å². The van der Waals surface area contributed by atoms with Crippen molar-refractivity contribution in [2.24, 2.45) is 10.7 Å². The van der Waals surface area contributed by atoms with Crippen LogP contribution in [-0.4, -0.2) is 15.9 Å². The zero-order valence-electron chi connectivity index (χ0n) is 12.1. The van der Waals surface area contributed by atoms with Gasteiger partial charge in [0, 0.05) is 12.1 Å². The number of para-hydroxylation sites is 1. The molecular weight excluding hydrogens is 328 g/mol. The van der Waals surface area contributed by atoms with Crippen molar-refractivity contribution in [1.29, 1.82) is 5.26 Å². The monoisotopic (exact) mass is 338 g/mol. The zero-order valence-corrected chi connectivity index (χ0v) is 12.9. The van der Waals surface area contributed by atoms with Crippen molar-refractivity contribution in [2.45, 2.75) is 0 Å². The van der Waals surface area contributed by atoms with Gasteiger partial charge < -0.3 is 11.1 Å². The molecule has 0 atom stereocenters. The van der Waals surface area contributed by atoms with Gasteiger partial charge in [-0.1, -0.05) is 23.5 Å². The molecule has 0 aliphatic rings. The Kier molecular flexibility index (Phi) is 4.05. The van der Waals surface area contributed by atoms with Crippen LogP contribution in [0.15, 0.2) is 47.5 Å². The largest absolute Gasteiger partial charge is 0.369 e. The summed E-state index contributed by atoms with van der Waals surface area (Å²) in [5, 5.41) is 23.1. The van der Waals surface area contributed by atoms with Crippen LogP contribution in [0.3, 0.4) is 0 Å². The van der Waals surface area contributed by atoms with Crippen molar-refractivity contribution in [3.8, 4) is 6.07 Å². The van der Waals surface area contributed by atoms with E-state index in [1.54, 1.807) is 0 Å². The molecule has 0 aliphatic heterocycles. The van der Waals surface area contributed by atoms with Gasteiger partial charge in [0.05, 0.1) is 26.4 Å². The first-order valence-corrected chi connectivity index (χ1v) is 7.54. The Balaban J connectivity index is 1.87. The number of anilines is 1. The first-order valence-electron chi connectivity index (χ1n) is 6.72. The van der Waals surface area contributed by atoms with Crippen molar-refractivity contribution in [2.75, 3.05) is 5.32 Å². The lowest BCUT2D eigenvalue weighted by molar-refractivity contribution is -0.384. The maximum atomic E-state index is 10.7. The number of non-ortho nitro benzene ring substituents is 1. The van der Waals surface area contributed by atoms with Gasteiger partial charge in [0.25, 0.3) is 5.69 Å². The number of fused-ring (bicyclic) bond motifs is 1. The van der Waals surface area contributed by atoms with Gasteiger partial charge in [0.2, 0.25) is 11.1 Å². The minimum Gasteiger partial charge on any atom is -0.369 e. The molecule has 0 spiro atoms. The lowest BCUT2D eigenvalue weighted by Gasteiger charge is -2.06. The van der Waals surface area contributed by atoms with Crippen LogP contribution in [0.5, 0.6) is 0 Å². The van der Waals surface area contributed by atoms with Crippen molar-refractivity contribution >= 4 is 44.0 Å². The number of rotatable bonds is 3. The van der Waals surface area contributed by atoms with E-state index in [-0.39, 0.29) is 17.2 Å². The van der Waals surface area contributed by atoms with Gasteiger partial charge in [-0.25, -0.2) is 4.98 Å². The Labute approximate surface area is 140 Å². The number of hydrogen-bond acceptors (Lipinski definition) is 6. The van der Waals surface area contributed by atoms with Crippen LogP contribution < -0.4 is 11.1 Å². The number of aliphatic imine (C=N–C) groups is 1. The molecule has 0 saturated carbocycles. The van der Waals surface area contributed by atoms with E-state index in [0.29, 0.717) is 10.8 Å². The molecule has 3 rings (SSSR count). The number of nitrogens with zero attached hydrogens (tertiary/aromatic N) is 4. The highest BCUT2D eigenvalue weighted by molar-refractivity contribution is 7.22. The molecule has 0 saturated heterocycles. The second-order valence-electron chi connectivity index (χ2n) is 4.69. The van der Waals surface area contributed by atoms with Crippen molar-refractivity contribution in [3.63, 3.8) is 0 Å². The Morgan fingerprint density at radius 1 is 1.38 bits per heavy atom. The van der Waals surface area contributed by atoms with Gasteiger partial charge in [-0.15, -0.1) is 0 Å². The van der Waals surface area contributed by atoms with Crippen molar-refractivity contribution in [1.82, 2.24) is 4.98 Å². The minimum absolute atomic E-state index is 0.0411. The summed E-state index contributed by atoms with van der Waals surface area (Å²) in [4.78, 5) is 18.7. The fourth-order valence-corrected chi connectivity index (χ4v) is 2.87. The third kappa shape index (κ3) is 3.13. The van der Waals surface area contributed by atoms with Gasteiger partial charge in [0.15, 0.2) is 0 Å². The number of nitrogens with one attached hydrogen (secondary N) is 1. The van der Waals surface area contributed by atoms with Gasteiger partial charge >= 0.3 is 0 Å². The summed E-state index contributed by atoms with van der Waals surface area (Å²) in [7, 11) is 0. The van der Waals surface area contributed by atoms with Gasteiger partial charge in [0.1, 0.15) is 6.07 Å². The second kappa shape index (κ2) is 6.31. The Morgan fingerprint density at radius 2 is 2.17 bits per heavy atom. The molecule has 9 heteroatoms. The quantitative estimate of drug-likeness (QED) is 0.326. The molecule has 0 radical (unpaired) electrons. The summed E-state index contributed by atoms with van der Waals surface area (Å²) in [6.07, 6.45) is 0. The normalized spacial score (nSPS) is 11.2. The minimum atomic E-state index is -0.566. The smallest absolute Gasteiger partial charge is 0.270 e. The molecule has 1 aromatic heterocycles. The molecule has 24 heavy (non-hydrogen) atoms. The number of nitrogens with two attached hydrogens (primary N) is 1. The summed E-state index contributed by atoms with van der Waals surface area (Å²) < 4.78 is 0.983. The fraction of sp³-hybridized carbons (Fsp3) is 0. The average Bonchev–Trinajstić information content (AvgIpc) is 2.96. The Hall–Kier alpha value is -3.51.